The van der Waals surface area contributed by atoms with Crippen molar-refractivity contribution in [2.24, 2.45) is 5.92 Å². The smallest absolute Gasteiger partial charge is 0.410 e. The molecule has 0 unspecified atom stereocenters. The van der Waals surface area contributed by atoms with Crippen LogP contribution in [0.2, 0.25) is 0 Å². The van der Waals surface area contributed by atoms with E-state index in [4.69, 9.17) is 4.74 Å². The molecule has 0 spiro atoms. The fourth-order valence-electron chi connectivity index (χ4n) is 2.76. The van der Waals surface area contributed by atoms with Crippen LogP contribution < -0.4 is 0 Å². The van der Waals surface area contributed by atoms with Gasteiger partial charge in [-0.05, 0) is 52.4 Å². The van der Waals surface area contributed by atoms with Crippen molar-refractivity contribution in [2.45, 2.75) is 70.9 Å². The lowest BCUT2D eigenvalue weighted by molar-refractivity contribution is -0.153. The van der Waals surface area contributed by atoms with Crippen molar-refractivity contribution in [3.05, 3.63) is 0 Å². The molecule has 5 nitrogen and oxygen atoms in total. The minimum absolute atomic E-state index is 0.497. The van der Waals surface area contributed by atoms with Gasteiger partial charge in [0.15, 0.2) is 0 Å². The summed E-state index contributed by atoms with van der Waals surface area (Å²) in [7, 11) is 1.54. The summed E-state index contributed by atoms with van der Waals surface area (Å²) >= 11 is 0. The summed E-state index contributed by atoms with van der Waals surface area (Å²) in [5.41, 5.74) is -1.74. The minimum Gasteiger partial charge on any atom is -0.479 e. The molecule has 0 saturated heterocycles. The number of carbonyl (C=O) groups is 2. The standard InChI is InChI=1S/C15H27NO4/c1-6-11-7-9-15(10-8-11,12(17)18)16(5)13(19)20-14(2,3)4/h11H,6-10H2,1-5H3,(H,17,18). The molecule has 0 atom stereocenters. The Bertz CT molecular complexity index is 365. The third kappa shape index (κ3) is 3.64. The highest BCUT2D eigenvalue weighted by Gasteiger charge is 2.48. The van der Waals surface area contributed by atoms with Gasteiger partial charge in [-0.3, -0.25) is 4.90 Å². The zero-order chi connectivity index (χ0) is 15.6. The number of hydrogen-bond acceptors (Lipinski definition) is 3. The van der Waals surface area contributed by atoms with E-state index in [2.05, 4.69) is 6.92 Å². The summed E-state index contributed by atoms with van der Waals surface area (Å²) < 4.78 is 5.30. The van der Waals surface area contributed by atoms with Crippen LogP contribution >= 0.6 is 0 Å². The van der Waals surface area contributed by atoms with E-state index in [1.54, 1.807) is 20.8 Å². The van der Waals surface area contributed by atoms with E-state index in [0.717, 1.165) is 19.3 Å². The molecule has 1 aliphatic rings. The Morgan fingerprint density at radius 1 is 1.30 bits per heavy atom. The summed E-state index contributed by atoms with van der Waals surface area (Å²) in [6.07, 6.45) is 3.18. The first-order valence-electron chi connectivity index (χ1n) is 7.32. The Labute approximate surface area is 121 Å². The van der Waals surface area contributed by atoms with E-state index in [0.29, 0.717) is 18.8 Å². The predicted molar refractivity (Wildman–Crippen MR) is 76.6 cm³/mol. The third-order valence-electron chi connectivity index (χ3n) is 4.22. The summed E-state index contributed by atoms with van der Waals surface area (Å²) in [5.74, 6) is -0.366. The first kappa shape index (κ1) is 16.8. The molecule has 0 aromatic rings. The number of ether oxygens (including phenoxy) is 1. The number of carboxylic acid groups (broad SMARTS) is 1. The fourth-order valence-corrected chi connectivity index (χ4v) is 2.76. The predicted octanol–water partition coefficient (Wildman–Crippen LogP) is 3.28. The molecule has 1 aliphatic carbocycles. The zero-order valence-corrected chi connectivity index (χ0v) is 13.2. The van der Waals surface area contributed by atoms with Crippen molar-refractivity contribution in [3.8, 4) is 0 Å². The molecule has 0 heterocycles. The van der Waals surface area contributed by atoms with Crippen LogP contribution in [-0.2, 0) is 9.53 Å². The average Bonchev–Trinajstić information content (AvgIpc) is 2.35. The highest BCUT2D eigenvalue weighted by atomic mass is 16.6. The monoisotopic (exact) mass is 285 g/mol. The number of carboxylic acids is 1. The van der Waals surface area contributed by atoms with Gasteiger partial charge in [-0.1, -0.05) is 13.3 Å². The number of amides is 1. The van der Waals surface area contributed by atoms with Crippen LogP contribution in [0.5, 0.6) is 0 Å². The molecular formula is C15H27NO4. The number of carbonyl (C=O) groups excluding carboxylic acids is 1. The van der Waals surface area contributed by atoms with E-state index < -0.39 is 23.2 Å². The van der Waals surface area contributed by atoms with Gasteiger partial charge < -0.3 is 9.84 Å². The molecule has 5 heteroatoms. The number of hydrogen-bond donors (Lipinski definition) is 1. The third-order valence-corrected chi connectivity index (χ3v) is 4.22. The number of aliphatic carboxylic acids is 1. The lowest BCUT2D eigenvalue weighted by Gasteiger charge is -2.43. The van der Waals surface area contributed by atoms with E-state index in [1.165, 1.54) is 11.9 Å². The Morgan fingerprint density at radius 3 is 2.15 bits per heavy atom. The molecule has 20 heavy (non-hydrogen) atoms. The van der Waals surface area contributed by atoms with Crippen molar-refractivity contribution >= 4 is 12.1 Å². The topological polar surface area (TPSA) is 66.8 Å². The quantitative estimate of drug-likeness (QED) is 0.864. The number of likely N-dealkylation sites (N-methyl/N-ethyl adjacent to an activating group) is 1. The zero-order valence-electron chi connectivity index (χ0n) is 13.2. The van der Waals surface area contributed by atoms with Crippen molar-refractivity contribution in [1.82, 2.24) is 4.90 Å². The number of nitrogens with zero attached hydrogens (tertiary/aromatic N) is 1. The normalized spacial score (nSPS) is 26.9. The summed E-state index contributed by atoms with van der Waals surface area (Å²) in [5, 5.41) is 9.62. The van der Waals surface area contributed by atoms with E-state index in [1.807, 2.05) is 0 Å². The molecule has 0 aromatic carbocycles. The fraction of sp³-hybridized carbons (Fsp3) is 0.867. The maximum Gasteiger partial charge on any atom is 0.410 e. The van der Waals surface area contributed by atoms with E-state index >= 15 is 0 Å². The van der Waals surface area contributed by atoms with Crippen LogP contribution in [0.25, 0.3) is 0 Å². The molecule has 0 aromatic heterocycles. The molecule has 0 radical (unpaired) electrons. The molecule has 0 bridgehead atoms. The van der Waals surface area contributed by atoms with E-state index in [-0.39, 0.29) is 0 Å². The Morgan fingerprint density at radius 2 is 1.80 bits per heavy atom. The summed E-state index contributed by atoms with van der Waals surface area (Å²) in [4.78, 5) is 25.2. The lowest BCUT2D eigenvalue weighted by Crippen LogP contribution is -2.57. The first-order valence-corrected chi connectivity index (χ1v) is 7.32. The molecule has 1 saturated carbocycles. The molecule has 1 amide bonds. The van der Waals surface area contributed by atoms with Gasteiger partial charge in [0.05, 0.1) is 0 Å². The van der Waals surface area contributed by atoms with Crippen LogP contribution in [-0.4, -0.2) is 40.3 Å². The van der Waals surface area contributed by atoms with Gasteiger partial charge in [-0.25, -0.2) is 9.59 Å². The van der Waals surface area contributed by atoms with Gasteiger partial charge in [0.25, 0.3) is 0 Å². The summed E-state index contributed by atoms with van der Waals surface area (Å²) in [6, 6.07) is 0. The van der Waals surface area contributed by atoms with Crippen molar-refractivity contribution in [3.63, 3.8) is 0 Å². The van der Waals surface area contributed by atoms with Crippen LogP contribution in [0.4, 0.5) is 4.79 Å². The second-order valence-corrected chi connectivity index (χ2v) is 6.73. The Balaban J connectivity index is 2.86. The Kier molecular flexibility index (Phi) is 5.05. The van der Waals surface area contributed by atoms with Crippen molar-refractivity contribution < 1.29 is 19.4 Å². The van der Waals surface area contributed by atoms with Crippen molar-refractivity contribution in [2.75, 3.05) is 7.05 Å². The molecule has 1 fully saturated rings. The highest BCUT2D eigenvalue weighted by molar-refractivity contribution is 5.84. The average molecular weight is 285 g/mol. The largest absolute Gasteiger partial charge is 0.479 e. The van der Waals surface area contributed by atoms with Crippen molar-refractivity contribution in [1.29, 1.82) is 0 Å². The highest BCUT2D eigenvalue weighted by Crippen LogP contribution is 2.38. The van der Waals surface area contributed by atoms with Crippen LogP contribution in [0, 0.1) is 5.92 Å². The molecule has 116 valence electrons. The summed E-state index contributed by atoms with van der Waals surface area (Å²) in [6.45, 7) is 7.45. The molecule has 0 aliphatic heterocycles. The van der Waals surface area contributed by atoms with Crippen LogP contribution in [0.15, 0.2) is 0 Å². The van der Waals surface area contributed by atoms with Gasteiger partial charge in [0.1, 0.15) is 11.1 Å². The van der Waals surface area contributed by atoms with Gasteiger partial charge in [0.2, 0.25) is 0 Å². The lowest BCUT2D eigenvalue weighted by atomic mass is 9.75. The van der Waals surface area contributed by atoms with Crippen LogP contribution in [0.3, 0.4) is 0 Å². The van der Waals surface area contributed by atoms with Crippen LogP contribution in [0.1, 0.15) is 59.8 Å². The maximum atomic E-state index is 12.2. The van der Waals surface area contributed by atoms with E-state index in [9.17, 15) is 14.7 Å². The molecule has 1 N–H and O–H groups in total. The molecule has 1 rings (SSSR count). The SMILES string of the molecule is CCC1CCC(C(=O)O)(N(C)C(=O)OC(C)(C)C)CC1. The molecular weight excluding hydrogens is 258 g/mol. The maximum absolute atomic E-state index is 12.2. The van der Waals surface area contributed by atoms with Gasteiger partial charge >= 0.3 is 12.1 Å². The Hall–Kier alpha value is -1.26. The second-order valence-electron chi connectivity index (χ2n) is 6.73. The number of rotatable bonds is 3. The first-order chi connectivity index (χ1) is 9.12. The minimum atomic E-state index is -1.12. The van der Waals surface area contributed by atoms with Gasteiger partial charge in [0, 0.05) is 7.05 Å². The second kappa shape index (κ2) is 6.02. The van der Waals surface area contributed by atoms with Gasteiger partial charge in [-0.15, -0.1) is 0 Å². The van der Waals surface area contributed by atoms with Gasteiger partial charge in [-0.2, -0.15) is 0 Å².